The third kappa shape index (κ3) is 3.17. The van der Waals surface area contributed by atoms with Gasteiger partial charge in [-0.3, -0.25) is 19.8 Å². The standard InChI is InChI=1S/C21H18N4O3S/c1-11-16(13(3)26)12(2)23-18(11)19(27)24-25-10-22-20-17(21(25)28)15(9-29-20)14-7-5-4-6-8-14/h4-10,23H,1-3H3,(H,24,27). The lowest BCUT2D eigenvalue weighted by atomic mass is 10.1. The van der Waals surface area contributed by atoms with E-state index in [0.29, 0.717) is 27.0 Å². The molecule has 3 aromatic heterocycles. The molecule has 0 saturated heterocycles. The lowest BCUT2D eigenvalue weighted by molar-refractivity contribution is 0.100. The summed E-state index contributed by atoms with van der Waals surface area (Å²) in [4.78, 5) is 45.5. The van der Waals surface area contributed by atoms with E-state index >= 15 is 0 Å². The summed E-state index contributed by atoms with van der Waals surface area (Å²) in [5, 5.41) is 2.34. The number of nitrogens with zero attached hydrogens (tertiary/aromatic N) is 2. The molecule has 0 bridgehead atoms. The predicted octanol–water partition coefficient (Wildman–Crippen LogP) is 3.66. The number of carbonyl (C=O) groups excluding carboxylic acids is 2. The van der Waals surface area contributed by atoms with E-state index in [0.717, 1.165) is 15.8 Å². The Kier molecular flexibility index (Phi) is 4.63. The van der Waals surface area contributed by atoms with Crippen molar-refractivity contribution in [3.63, 3.8) is 0 Å². The third-order valence-electron chi connectivity index (χ3n) is 4.82. The number of rotatable bonds is 4. The van der Waals surface area contributed by atoms with E-state index in [1.54, 1.807) is 13.8 Å². The van der Waals surface area contributed by atoms with Gasteiger partial charge in [0.2, 0.25) is 0 Å². The van der Waals surface area contributed by atoms with Crippen molar-refractivity contribution in [1.82, 2.24) is 14.6 Å². The average Bonchev–Trinajstić information content (AvgIpc) is 3.26. The highest BCUT2D eigenvalue weighted by Gasteiger charge is 2.21. The minimum absolute atomic E-state index is 0.124. The number of benzene rings is 1. The van der Waals surface area contributed by atoms with Gasteiger partial charge in [-0.2, -0.15) is 0 Å². The maximum absolute atomic E-state index is 13.1. The highest BCUT2D eigenvalue weighted by atomic mass is 32.1. The first-order valence-electron chi connectivity index (χ1n) is 8.94. The van der Waals surface area contributed by atoms with Gasteiger partial charge in [0.25, 0.3) is 11.5 Å². The number of fused-ring (bicyclic) bond motifs is 1. The monoisotopic (exact) mass is 406 g/mol. The summed E-state index contributed by atoms with van der Waals surface area (Å²) in [6, 6.07) is 9.55. The number of aromatic nitrogens is 3. The van der Waals surface area contributed by atoms with Gasteiger partial charge in [-0.05, 0) is 31.9 Å². The molecule has 1 aromatic carbocycles. The molecule has 146 valence electrons. The average molecular weight is 406 g/mol. The number of hydrogen-bond acceptors (Lipinski definition) is 5. The first-order chi connectivity index (χ1) is 13.9. The summed E-state index contributed by atoms with van der Waals surface area (Å²) in [5.74, 6) is -0.640. The van der Waals surface area contributed by atoms with Crippen LogP contribution in [0.5, 0.6) is 0 Å². The van der Waals surface area contributed by atoms with Gasteiger partial charge in [0.05, 0.1) is 5.39 Å². The first-order valence-corrected chi connectivity index (χ1v) is 9.82. The van der Waals surface area contributed by atoms with Crippen molar-refractivity contribution in [3.8, 4) is 11.1 Å². The molecule has 0 aliphatic heterocycles. The van der Waals surface area contributed by atoms with Gasteiger partial charge < -0.3 is 4.98 Å². The fourth-order valence-corrected chi connectivity index (χ4v) is 4.42. The van der Waals surface area contributed by atoms with Crippen LogP contribution in [0, 0.1) is 13.8 Å². The summed E-state index contributed by atoms with van der Waals surface area (Å²) in [5.41, 5.74) is 5.79. The molecule has 0 spiro atoms. The van der Waals surface area contributed by atoms with Crippen molar-refractivity contribution in [2.24, 2.45) is 0 Å². The van der Waals surface area contributed by atoms with E-state index in [-0.39, 0.29) is 17.0 Å². The summed E-state index contributed by atoms with van der Waals surface area (Å²) >= 11 is 1.38. The van der Waals surface area contributed by atoms with E-state index in [2.05, 4.69) is 15.4 Å². The van der Waals surface area contributed by atoms with Crippen molar-refractivity contribution in [2.75, 3.05) is 5.43 Å². The normalized spacial score (nSPS) is 11.0. The summed E-state index contributed by atoms with van der Waals surface area (Å²) in [6.45, 7) is 4.89. The van der Waals surface area contributed by atoms with Gasteiger partial charge in [-0.15, -0.1) is 11.3 Å². The molecule has 3 heterocycles. The number of carbonyl (C=O) groups is 2. The Labute approximate surface area is 170 Å². The van der Waals surface area contributed by atoms with Crippen LogP contribution in [-0.2, 0) is 0 Å². The molecule has 4 aromatic rings. The van der Waals surface area contributed by atoms with E-state index in [1.807, 2.05) is 35.7 Å². The molecule has 0 aliphatic rings. The Bertz CT molecular complexity index is 1320. The molecule has 0 unspecified atom stereocenters. The molecule has 0 aliphatic carbocycles. The summed E-state index contributed by atoms with van der Waals surface area (Å²) in [6.07, 6.45) is 1.30. The van der Waals surface area contributed by atoms with Crippen LogP contribution in [0.3, 0.4) is 0 Å². The highest BCUT2D eigenvalue weighted by molar-refractivity contribution is 7.17. The quantitative estimate of drug-likeness (QED) is 0.506. The Morgan fingerprint density at radius 3 is 2.55 bits per heavy atom. The second-order valence-electron chi connectivity index (χ2n) is 6.74. The molecule has 4 rings (SSSR count). The van der Waals surface area contributed by atoms with Gasteiger partial charge in [0.15, 0.2) is 5.78 Å². The molecule has 7 nitrogen and oxygen atoms in total. The van der Waals surface area contributed by atoms with Crippen molar-refractivity contribution >= 4 is 33.2 Å². The number of amides is 1. The zero-order chi connectivity index (χ0) is 20.7. The Morgan fingerprint density at radius 1 is 1.17 bits per heavy atom. The first kappa shape index (κ1) is 18.8. The van der Waals surface area contributed by atoms with Gasteiger partial charge in [0, 0.05) is 22.2 Å². The van der Waals surface area contributed by atoms with Crippen LogP contribution in [0.2, 0.25) is 0 Å². The fraction of sp³-hybridized carbons (Fsp3) is 0.143. The Hall–Kier alpha value is -3.52. The second kappa shape index (κ2) is 7.14. The maximum Gasteiger partial charge on any atom is 0.286 e. The van der Waals surface area contributed by atoms with Gasteiger partial charge in [-0.1, -0.05) is 30.3 Å². The smallest absolute Gasteiger partial charge is 0.286 e. The van der Waals surface area contributed by atoms with Crippen molar-refractivity contribution < 1.29 is 9.59 Å². The minimum atomic E-state index is -0.516. The highest BCUT2D eigenvalue weighted by Crippen LogP contribution is 2.30. The van der Waals surface area contributed by atoms with Crippen LogP contribution in [0.15, 0.2) is 46.8 Å². The zero-order valence-electron chi connectivity index (χ0n) is 16.1. The number of Topliss-reactive ketones (excluding diaryl/α,β-unsaturated/α-hetero) is 1. The molecule has 1 amide bonds. The molecule has 0 fully saturated rings. The van der Waals surface area contributed by atoms with Crippen molar-refractivity contribution in [1.29, 1.82) is 0 Å². The summed E-state index contributed by atoms with van der Waals surface area (Å²) < 4.78 is 1.08. The topological polar surface area (TPSA) is 96.8 Å². The molecule has 0 saturated carbocycles. The van der Waals surface area contributed by atoms with Crippen LogP contribution in [0.1, 0.15) is 39.0 Å². The molecular formula is C21H18N4O3S. The lowest BCUT2D eigenvalue weighted by Crippen LogP contribution is -2.33. The zero-order valence-corrected chi connectivity index (χ0v) is 16.9. The van der Waals surface area contributed by atoms with Crippen LogP contribution < -0.4 is 11.0 Å². The molecule has 0 atom stereocenters. The van der Waals surface area contributed by atoms with Gasteiger partial charge in [-0.25, -0.2) is 9.66 Å². The fourth-order valence-electron chi connectivity index (χ4n) is 3.51. The number of hydrogen-bond donors (Lipinski definition) is 2. The Morgan fingerprint density at radius 2 is 1.90 bits per heavy atom. The SMILES string of the molecule is CC(=O)c1c(C)[nH]c(C(=O)Nn2cnc3scc(-c4ccccc4)c3c2=O)c1C. The van der Waals surface area contributed by atoms with E-state index in [1.165, 1.54) is 24.6 Å². The van der Waals surface area contributed by atoms with Gasteiger partial charge in [0.1, 0.15) is 16.9 Å². The van der Waals surface area contributed by atoms with Crippen molar-refractivity contribution in [3.05, 3.63) is 74.9 Å². The largest absolute Gasteiger partial charge is 0.354 e. The van der Waals surface area contributed by atoms with E-state index in [9.17, 15) is 14.4 Å². The predicted molar refractivity (Wildman–Crippen MR) is 113 cm³/mol. The third-order valence-corrected chi connectivity index (χ3v) is 5.70. The minimum Gasteiger partial charge on any atom is -0.354 e. The lowest BCUT2D eigenvalue weighted by Gasteiger charge is -2.08. The van der Waals surface area contributed by atoms with Crippen LogP contribution >= 0.6 is 11.3 Å². The van der Waals surface area contributed by atoms with E-state index < -0.39 is 5.91 Å². The van der Waals surface area contributed by atoms with Crippen molar-refractivity contribution in [2.45, 2.75) is 20.8 Å². The van der Waals surface area contributed by atoms with Gasteiger partial charge >= 0.3 is 0 Å². The van der Waals surface area contributed by atoms with E-state index in [4.69, 9.17) is 0 Å². The molecule has 2 N–H and O–H groups in total. The molecule has 29 heavy (non-hydrogen) atoms. The number of aromatic amines is 1. The molecular weight excluding hydrogens is 388 g/mol. The molecule has 0 radical (unpaired) electrons. The maximum atomic E-state index is 13.1. The number of H-pyrrole nitrogens is 1. The number of aryl methyl sites for hydroxylation is 1. The van der Waals surface area contributed by atoms with Crippen LogP contribution in [0.25, 0.3) is 21.3 Å². The Balaban J connectivity index is 1.75. The summed E-state index contributed by atoms with van der Waals surface area (Å²) in [7, 11) is 0. The number of ketones is 1. The number of thiophene rings is 1. The number of nitrogens with one attached hydrogen (secondary N) is 2. The van der Waals surface area contributed by atoms with Crippen LogP contribution in [0.4, 0.5) is 0 Å². The molecule has 8 heteroatoms. The van der Waals surface area contributed by atoms with Crippen LogP contribution in [-0.4, -0.2) is 26.3 Å². The second-order valence-corrected chi connectivity index (χ2v) is 7.60.